The number of nitrogens with zero attached hydrogens (tertiary/aromatic N) is 2. The van der Waals surface area contributed by atoms with Crippen LogP contribution in [0, 0.1) is 6.92 Å². The lowest BCUT2D eigenvalue weighted by molar-refractivity contribution is 0.171. The Kier molecular flexibility index (Phi) is 2.54. The maximum atomic E-state index is 6.09. The molecule has 0 unspecified atom stereocenters. The van der Waals surface area contributed by atoms with Gasteiger partial charge in [-0.2, -0.15) is 0 Å². The van der Waals surface area contributed by atoms with Crippen LogP contribution in [0.15, 0.2) is 36.7 Å². The van der Waals surface area contributed by atoms with E-state index in [0.717, 1.165) is 34.0 Å². The molecule has 1 aliphatic heterocycles. The highest BCUT2D eigenvalue weighted by Crippen LogP contribution is 2.34. The molecule has 0 saturated carbocycles. The molecule has 1 aromatic carbocycles. The van der Waals surface area contributed by atoms with Crippen LogP contribution >= 0.6 is 0 Å². The Morgan fingerprint density at radius 1 is 1.14 bits per heavy atom. The highest BCUT2D eigenvalue weighted by Gasteiger charge is 2.14. The van der Waals surface area contributed by atoms with Crippen molar-refractivity contribution in [2.24, 2.45) is 0 Å². The predicted molar refractivity (Wildman–Crippen MR) is 80.8 cm³/mol. The van der Waals surface area contributed by atoms with Crippen molar-refractivity contribution in [3.05, 3.63) is 42.2 Å². The Labute approximate surface area is 121 Å². The fourth-order valence-corrected chi connectivity index (χ4v) is 2.51. The number of pyridine rings is 1. The van der Waals surface area contributed by atoms with Crippen molar-refractivity contribution in [3.8, 4) is 22.8 Å². The first kappa shape index (κ1) is 12.1. The topological polar surface area (TPSA) is 61.8 Å². The van der Waals surface area contributed by atoms with Crippen LogP contribution in [0.5, 0.6) is 11.5 Å². The van der Waals surface area contributed by atoms with E-state index in [0.29, 0.717) is 18.9 Å². The van der Waals surface area contributed by atoms with Crippen LogP contribution < -0.4 is 15.2 Å². The van der Waals surface area contributed by atoms with Gasteiger partial charge in [0.25, 0.3) is 0 Å². The zero-order valence-electron chi connectivity index (χ0n) is 11.7. The van der Waals surface area contributed by atoms with Crippen LogP contribution in [0.2, 0.25) is 0 Å². The summed E-state index contributed by atoms with van der Waals surface area (Å²) in [7, 11) is 0. The quantitative estimate of drug-likeness (QED) is 0.745. The van der Waals surface area contributed by atoms with Crippen molar-refractivity contribution >= 4 is 11.3 Å². The molecule has 0 amide bonds. The second-order valence-electron chi connectivity index (χ2n) is 5.13. The molecule has 0 saturated heterocycles. The van der Waals surface area contributed by atoms with Crippen LogP contribution in [0.25, 0.3) is 16.9 Å². The van der Waals surface area contributed by atoms with Gasteiger partial charge in [0, 0.05) is 18.0 Å². The van der Waals surface area contributed by atoms with E-state index in [1.165, 1.54) is 0 Å². The molecule has 0 radical (unpaired) electrons. The number of imidazole rings is 1. The van der Waals surface area contributed by atoms with Gasteiger partial charge in [-0.1, -0.05) is 0 Å². The van der Waals surface area contributed by atoms with Gasteiger partial charge in [-0.25, -0.2) is 4.98 Å². The smallest absolute Gasteiger partial charge is 0.162 e. The maximum absolute atomic E-state index is 6.09. The number of fused-ring (bicyclic) bond motifs is 2. The molecule has 106 valence electrons. The minimum atomic E-state index is 0.577. The van der Waals surface area contributed by atoms with Crippen molar-refractivity contribution in [1.29, 1.82) is 0 Å². The number of aryl methyl sites for hydroxylation is 1. The molecule has 1 aliphatic rings. The average molecular weight is 281 g/mol. The minimum absolute atomic E-state index is 0.577. The normalized spacial score (nSPS) is 13.6. The molecule has 2 N–H and O–H groups in total. The van der Waals surface area contributed by atoms with Gasteiger partial charge < -0.3 is 19.6 Å². The zero-order valence-corrected chi connectivity index (χ0v) is 11.7. The first-order valence-electron chi connectivity index (χ1n) is 6.86. The van der Waals surface area contributed by atoms with E-state index in [-0.39, 0.29) is 0 Å². The minimum Gasteiger partial charge on any atom is -0.486 e. The number of benzene rings is 1. The first-order chi connectivity index (χ1) is 10.2. The van der Waals surface area contributed by atoms with E-state index in [4.69, 9.17) is 15.2 Å². The number of ether oxygens (including phenoxy) is 2. The molecule has 5 heteroatoms. The summed E-state index contributed by atoms with van der Waals surface area (Å²) in [6.45, 7) is 3.15. The number of aromatic nitrogens is 2. The fourth-order valence-electron chi connectivity index (χ4n) is 2.51. The van der Waals surface area contributed by atoms with Gasteiger partial charge in [-0.05, 0) is 36.8 Å². The van der Waals surface area contributed by atoms with Gasteiger partial charge in [0.15, 0.2) is 17.1 Å². The summed E-state index contributed by atoms with van der Waals surface area (Å²) in [4.78, 5) is 4.63. The van der Waals surface area contributed by atoms with Crippen LogP contribution in [-0.4, -0.2) is 22.6 Å². The van der Waals surface area contributed by atoms with Gasteiger partial charge in [0.1, 0.15) is 13.2 Å². The number of rotatable bonds is 1. The Hall–Kier alpha value is -2.69. The summed E-state index contributed by atoms with van der Waals surface area (Å²) in [6.07, 6.45) is 3.94. The Bertz CT molecular complexity index is 839. The maximum Gasteiger partial charge on any atom is 0.162 e. The lowest BCUT2D eigenvalue weighted by atomic mass is 10.1. The van der Waals surface area contributed by atoms with E-state index in [2.05, 4.69) is 4.98 Å². The molecule has 21 heavy (non-hydrogen) atoms. The molecule has 3 heterocycles. The Morgan fingerprint density at radius 2 is 1.95 bits per heavy atom. The van der Waals surface area contributed by atoms with E-state index >= 15 is 0 Å². The first-order valence-corrected chi connectivity index (χ1v) is 6.86. The van der Waals surface area contributed by atoms with E-state index in [1.807, 2.05) is 48.0 Å². The number of nitrogen functional groups attached to an aromatic ring is 1. The largest absolute Gasteiger partial charge is 0.486 e. The summed E-state index contributed by atoms with van der Waals surface area (Å²) in [5, 5.41) is 0. The van der Waals surface area contributed by atoms with Crippen LogP contribution in [0.4, 0.5) is 5.69 Å². The average Bonchev–Trinajstić information content (AvgIpc) is 2.95. The summed E-state index contributed by atoms with van der Waals surface area (Å²) >= 11 is 0. The second-order valence-corrected chi connectivity index (χ2v) is 5.13. The Morgan fingerprint density at radius 3 is 2.81 bits per heavy atom. The van der Waals surface area contributed by atoms with Gasteiger partial charge >= 0.3 is 0 Å². The van der Waals surface area contributed by atoms with E-state index < -0.39 is 0 Å². The van der Waals surface area contributed by atoms with Gasteiger partial charge in [0.05, 0.1) is 11.4 Å². The highest BCUT2D eigenvalue weighted by molar-refractivity contribution is 5.74. The number of anilines is 1. The summed E-state index contributed by atoms with van der Waals surface area (Å²) in [6, 6.07) is 7.84. The van der Waals surface area contributed by atoms with Gasteiger partial charge in [-0.15, -0.1) is 0 Å². The molecule has 3 aromatic rings. The lowest BCUT2D eigenvalue weighted by Gasteiger charge is -2.18. The summed E-state index contributed by atoms with van der Waals surface area (Å²) in [5.41, 5.74) is 10.5. The Balaban J connectivity index is 1.84. The van der Waals surface area contributed by atoms with Crippen LogP contribution in [0.3, 0.4) is 0 Å². The molecule has 0 aliphatic carbocycles. The fraction of sp³-hybridized carbons (Fsp3) is 0.188. The van der Waals surface area contributed by atoms with Crippen molar-refractivity contribution in [3.63, 3.8) is 0 Å². The third-order valence-electron chi connectivity index (χ3n) is 3.72. The predicted octanol–water partition coefficient (Wildman–Crippen LogP) is 2.66. The van der Waals surface area contributed by atoms with Crippen LogP contribution in [-0.2, 0) is 0 Å². The van der Waals surface area contributed by atoms with Crippen molar-refractivity contribution < 1.29 is 9.47 Å². The molecular formula is C16H15N3O2. The molecule has 0 bridgehead atoms. The zero-order chi connectivity index (χ0) is 14.4. The lowest BCUT2D eigenvalue weighted by Crippen LogP contribution is -2.15. The van der Waals surface area contributed by atoms with Crippen molar-refractivity contribution in [1.82, 2.24) is 9.38 Å². The van der Waals surface area contributed by atoms with E-state index in [9.17, 15) is 0 Å². The number of nitrogens with two attached hydrogens (primary N) is 1. The highest BCUT2D eigenvalue weighted by atomic mass is 16.6. The molecule has 0 fully saturated rings. The summed E-state index contributed by atoms with van der Waals surface area (Å²) in [5.74, 6) is 1.55. The standard InChI is InChI=1S/C16H15N3O2/c1-10-4-5-19-9-12(18-16(19)15(10)17)11-2-3-13-14(8-11)21-7-6-20-13/h2-5,8-9H,6-7,17H2,1H3. The SMILES string of the molecule is Cc1ccn2cc(-c3ccc4c(c3)OCCO4)nc2c1N. The third-order valence-corrected chi connectivity index (χ3v) is 3.72. The number of hydrogen-bond acceptors (Lipinski definition) is 4. The van der Waals surface area contributed by atoms with Crippen LogP contribution in [0.1, 0.15) is 5.56 Å². The third kappa shape index (κ3) is 1.89. The summed E-state index contributed by atoms with van der Waals surface area (Å²) < 4.78 is 13.1. The number of hydrogen-bond donors (Lipinski definition) is 1. The molecular weight excluding hydrogens is 266 g/mol. The van der Waals surface area contributed by atoms with Gasteiger partial charge in [-0.3, -0.25) is 0 Å². The molecule has 0 atom stereocenters. The van der Waals surface area contributed by atoms with Crippen molar-refractivity contribution in [2.45, 2.75) is 6.92 Å². The molecule has 5 nitrogen and oxygen atoms in total. The second kappa shape index (κ2) is 4.41. The molecule has 2 aromatic heterocycles. The van der Waals surface area contributed by atoms with Gasteiger partial charge in [0.2, 0.25) is 0 Å². The monoisotopic (exact) mass is 281 g/mol. The molecule has 4 rings (SSSR count). The van der Waals surface area contributed by atoms with E-state index in [1.54, 1.807) is 0 Å². The molecule has 0 spiro atoms. The van der Waals surface area contributed by atoms with Crippen molar-refractivity contribution in [2.75, 3.05) is 18.9 Å².